The van der Waals surface area contributed by atoms with Crippen molar-refractivity contribution in [3.8, 4) is 5.75 Å². The van der Waals surface area contributed by atoms with Crippen molar-refractivity contribution in [1.82, 2.24) is 14.8 Å². The lowest BCUT2D eigenvalue weighted by molar-refractivity contribution is -0.122. The fraction of sp³-hybridized carbons (Fsp3) is 0.448. The zero-order valence-corrected chi connectivity index (χ0v) is 22.2. The van der Waals surface area contributed by atoms with E-state index in [0.717, 1.165) is 63.2 Å². The molecule has 3 aliphatic heterocycles. The fourth-order valence-electron chi connectivity index (χ4n) is 6.00. The van der Waals surface area contributed by atoms with Gasteiger partial charge in [-0.3, -0.25) is 9.59 Å². The van der Waals surface area contributed by atoms with Crippen LogP contribution in [0, 0.1) is 5.41 Å². The normalized spacial score (nSPS) is 20.8. The minimum atomic E-state index is -0.798. The van der Waals surface area contributed by atoms with Crippen LogP contribution in [0.25, 0.3) is 0 Å². The molecular weight excluding hydrogens is 496 g/mol. The Morgan fingerprint density at radius 1 is 1.08 bits per heavy atom. The van der Waals surface area contributed by atoms with Crippen LogP contribution in [-0.4, -0.2) is 66.5 Å². The number of likely N-dealkylation sites (N-methyl/N-ethyl adjacent to an activating group) is 1. The van der Waals surface area contributed by atoms with Crippen molar-refractivity contribution in [2.24, 2.45) is 11.1 Å². The Morgan fingerprint density at radius 3 is 2.54 bits per heavy atom. The van der Waals surface area contributed by atoms with Gasteiger partial charge >= 0.3 is 0 Å². The molecule has 3 aliphatic rings. The standard InChI is InChI=1S/C29H34N6O4/c1-33-22-8-7-21(34-13-9-29(10-14-34)11-15-38-16-12-29)18-24(22)39-19-23(28(33)37)35-25(31-27(32-35)26(30)36)17-20-5-3-2-4-6-20/h2-8,18,23H,9-17,19H2,1H3,(H2,30,36)/t23-/m0/s1. The second-order valence-corrected chi connectivity index (χ2v) is 10.8. The third kappa shape index (κ3) is 4.96. The van der Waals surface area contributed by atoms with E-state index in [2.05, 4.69) is 21.0 Å². The number of ether oxygens (including phenoxy) is 2. The lowest BCUT2D eigenvalue weighted by atomic mass is 9.72. The van der Waals surface area contributed by atoms with Crippen LogP contribution in [0.15, 0.2) is 48.5 Å². The number of hydrogen-bond donors (Lipinski definition) is 1. The van der Waals surface area contributed by atoms with E-state index >= 15 is 0 Å². The quantitative estimate of drug-likeness (QED) is 0.539. The minimum Gasteiger partial charge on any atom is -0.489 e. The lowest BCUT2D eigenvalue weighted by Crippen LogP contribution is -2.43. The first-order valence-corrected chi connectivity index (χ1v) is 13.6. The molecule has 10 heteroatoms. The van der Waals surface area contributed by atoms with Gasteiger partial charge in [0.25, 0.3) is 11.8 Å². The number of anilines is 2. The number of rotatable bonds is 5. The second kappa shape index (κ2) is 10.3. The molecule has 0 aliphatic carbocycles. The van der Waals surface area contributed by atoms with Gasteiger partial charge in [0, 0.05) is 51.5 Å². The van der Waals surface area contributed by atoms with Gasteiger partial charge in [0.2, 0.25) is 5.82 Å². The Hall–Kier alpha value is -3.92. The van der Waals surface area contributed by atoms with E-state index < -0.39 is 11.9 Å². The lowest BCUT2D eigenvalue weighted by Gasteiger charge is -2.44. The molecule has 0 unspecified atom stereocenters. The minimum absolute atomic E-state index is 0.0616. The summed E-state index contributed by atoms with van der Waals surface area (Å²) in [7, 11) is 1.74. The molecule has 4 heterocycles. The Balaban J connectivity index is 1.24. The number of hydrogen-bond acceptors (Lipinski definition) is 7. The summed E-state index contributed by atoms with van der Waals surface area (Å²) in [5.41, 5.74) is 8.68. The van der Waals surface area contributed by atoms with E-state index in [1.165, 1.54) is 4.68 Å². The first kappa shape index (κ1) is 25.4. The van der Waals surface area contributed by atoms with Gasteiger partial charge in [-0.2, -0.15) is 0 Å². The highest BCUT2D eigenvalue weighted by Crippen LogP contribution is 2.43. The molecule has 3 aromatic rings. The summed E-state index contributed by atoms with van der Waals surface area (Å²) in [6, 6.07) is 15.0. The van der Waals surface area contributed by atoms with Crippen molar-refractivity contribution in [3.05, 3.63) is 65.7 Å². The van der Waals surface area contributed by atoms with Gasteiger partial charge in [0.15, 0.2) is 6.04 Å². The predicted octanol–water partition coefficient (Wildman–Crippen LogP) is 2.96. The van der Waals surface area contributed by atoms with Gasteiger partial charge in [-0.05, 0) is 48.8 Å². The molecule has 6 rings (SSSR count). The van der Waals surface area contributed by atoms with Crippen molar-refractivity contribution in [1.29, 1.82) is 0 Å². The SMILES string of the molecule is CN1C(=O)[C@@H](n2nc(C(N)=O)nc2Cc2ccccc2)COc2cc(N3CCC4(CCOCC4)CC3)ccc21. The zero-order valence-electron chi connectivity index (χ0n) is 22.2. The number of aromatic nitrogens is 3. The van der Waals surface area contributed by atoms with Crippen LogP contribution in [0.5, 0.6) is 5.75 Å². The summed E-state index contributed by atoms with van der Waals surface area (Å²) in [5, 5.41) is 4.34. The molecule has 1 spiro atoms. The average molecular weight is 531 g/mol. The molecule has 204 valence electrons. The number of primary amides is 1. The molecule has 0 bridgehead atoms. The molecule has 2 amide bonds. The molecule has 10 nitrogen and oxygen atoms in total. The van der Waals surface area contributed by atoms with Gasteiger partial charge < -0.3 is 25.0 Å². The van der Waals surface area contributed by atoms with E-state index in [1.54, 1.807) is 11.9 Å². The van der Waals surface area contributed by atoms with Crippen LogP contribution in [0.4, 0.5) is 11.4 Å². The van der Waals surface area contributed by atoms with Crippen LogP contribution < -0.4 is 20.3 Å². The highest BCUT2D eigenvalue weighted by atomic mass is 16.5. The van der Waals surface area contributed by atoms with Crippen molar-refractivity contribution in [2.45, 2.75) is 38.1 Å². The fourth-order valence-corrected chi connectivity index (χ4v) is 6.00. The average Bonchev–Trinajstić information content (AvgIpc) is 3.32. The van der Waals surface area contributed by atoms with Crippen LogP contribution in [-0.2, 0) is 16.0 Å². The maximum absolute atomic E-state index is 13.7. The first-order valence-electron chi connectivity index (χ1n) is 13.6. The predicted molar refractivity (Wildman–Crippen MR) is 146 cm³/mol. The van der Waals surface area contributed by atoms with Gasteiger partial charge in [-0.15, -0.1) is 5.10 Å². The molecule has 2 aromatic carbocycles. The molecule has 0 radical (unpaired) electrons. The van der Waals surface area contributed by atoms with Crippen molar-refractivity contribution in [2.75, 3.05) is 49.8 Å². The monoisotopic (exact) mass is 530 g/mol. The number of amides is 2. The molecule has 39 heavy (non-hydrogen) atoms. The molecule has 2 saturated heterocycles. The van der Waals surface area contributed by atoms with Gasteiger partial charge in [-0.1, -0.05) is 30.3 Å². The molecule has 2 N–H and O–H groups in total. The Kier molecular flexibility index (Phi) is 6.72. The highest BCUT2D eigenvalue weighted by molar-refractivity contribution is 5.98. The number of nitrogens with two attached hydrogens (primary N) is 1. The third-order valence-corrected chi connectivity index (χ3v) is 8.48. The Bertz CT molecular complexity index is 1360. The maximum atomic E-state index is 13.7. The van der Waals surface area contributed by atoms with Gasteiger partial charge in [0.05, 0.1) is 5.69 Å². The number of fused-ring (bicyclic) bond motifs is 1. The summed E-state index contributed by atoms with van der Waals surface area (Å²) in [6.07, 6.45) is 5.01. The van der Waals surface area contributed by atoms with Crippen LogP contribution in [0.3, 0.4) is 0 Å². The van der Waals surface area contributed by atoms with Crippen molar-refractivity contribution in [3.63, 3.8) is 0 Å². The first-order chi connectivity index (χ1) is 18.9. The Labute approximate surface area is 227 Å². The van der Waals surface area contributed by atoms with Gasteiger partial charge in [-0.25, -0.2) is 9.67 Å². The second-order valence-electron chi connectivity index (χ2n) is 10.8. The van der Waals surface area contributed by atoms with Crippen LogP contribution >= 0.6 is 0 Å². The highest BCUT2D eigenvalue weighted by Gasteiger charge is 2.37. The summed E-state index contributed by atoms with van der Waals surface area (Å²) >= 11 is 0. The van der Waals surface area contributed by atoms with E-state index in [-0.39, 0.29) is 18.3 Å². The topological polar surface area (TPSA) is 116 Å². The smallest absolute Gasteiger partial charge is 0.288 e. The Morgan fingerprint density at radius 2 is 1.82 bits per heavy atom. The van der Waals surface area contributed by atoms with Crippen LogP contribution in [0.1, 0.15) is 53.7 Å². The van der Waals surface area contributed by atoms with E-state index in [9.17, 15) is 9.59 Å². The number of piperidine rings is 1. The summed E-state index contributed by atoms with van der Waals surface area (Å²) in [6.45, 7) is 3.79. The molecule has 1 aromatic heterocycles. The summed E-state index contributed by atoms with van der Waals surface area (Å²) in [5.74, 6) is 0.0730. The number of carbonyl (C=O) groups is 2. The molecular formula is C29H34N6O4. The largest absolute Gasteiger partial charge is 0.489 e. The molecule has 1 atom stereocenters. The van der Waals surface area contributed by atoms with Crippen molar-refractivity contribution >= 4 is 23.2 Å². The van der Waals surface area contributed by atoms with E-state index in [4.69, 9.17) is 15.2 Å². The number of nitrogens with zero attached hydrogens (tertiary/aromatic N) is 5. The summed E-state index contributed by atoms with van der Waals surface area (Å²) in [4.78, 5) is 34.0. The van der Waals surface area contributed by atoms with Gasteiger partial charge in [0.1, 0.15) is 18.2 Å². The van der Waals surface area contributed by atoms with Crippen LogP contribution in [0.2, 0.25) is 0 Å². The zero-order chi connectivity index (χ0) is 27.0. The number of benzene rings is 2. The maximum Gasteiger partial charge on any atom is 0.288 e. The molecule has 2 fully saturated rings. The third-order valence-electron chi connectivity index (χ3n) is 8.48. The molecule has 0 saturated carbocycles. The van der Waals surface area contributed by atoms with E-state index in [0.29, 0.717) is 29.1 Å². The van der Waals surface area contributed by atoms with Crippen molar-refractivity contribution < 1.29 is 19.1 Å². The summed E-state index contributed by atoms with van der Waals surface area (Å²) < 4.78 is 13.4. The number of carbonyl (C=O) groups excluding carboxylic acids is 2. The van der Waals surface area contributed by atoms with E-state index in [1.807, 2.05) is 42.5 Å².